The molecule has 0 aromatic heterocycles. The van der Waals surface area contributed by atoms with Crippen LogP contribution in [0.5, 0.6) is 5.75 Å². The van der Waals surface area contributed by atoms with E-state index >= 15 is 0 Å². The number of amides is 1. The molecule has 20 heavy (non-hydrogen) atoms. The van der Waals surface area contributed by atoms with E-state index in [0.717, 1.165) is 12.8 Å². The molecule has 0 saturated heterocycles. The van der Waals surface area contributed by atoms with Crippen LogP contribution in [-0.4, -0.2) is 26.1 Å². The molecular weight excluding hydrogens is 259 g/mol. The number of nitrogens with two attached hydrogens (primary N) is 1. The van der Waals surface area contributed by atoms with Crippen molar-refractivity contribution in [2.45, 2.75) is 19.3 Å². The summed E-state index contributed by atoms with van der Waals surface area (Å²) in [5, 5.41) is 2.90. The summed E-state index contributed by atoms with van der Waals surface area (Å²) in [7, 11) is 1.38. The van der Waals surface area contributed by atoms with Gasteiger partial charge in [-0.15, -0.1) is 0 Å². The molecule has 2 rings (SSSR count). The molecule has 0 bridgehead atoms. The SMILES string of the molecule is COc1cc(C(=O)NCC2CCCC2CN)ccc1F. The van der Waals surface area contributed by atoms with Crippen LogP contribution in [0.4, 0.5) is 4.39 Å². The maximum absolute atomic E-state index is 13.3. The van der Waals surface area contributed by atoms with Crippen LogP contribution in [0.3, 0.4) is 0 Å². The van der Waals surface area contributed by atoms with Crippen LogP contribution < -0.4 is 15.8 Å². The van der Waals surface area contributed by atoms with Crippen molar-refractivity contribution < 1.29 is 13.9 Å². The quantitative estimate of drug-likeness (QED) is 0.866. The van der Waals surface area contributed by atoms with Crippen molar-refractivity contribution in [2.24, 2.45) is 17.6 Å². The zero-order chi connectivity index (χ0) is 14.5. The first kappa shape index (κ1) is 14.8. The number of carbonyl (C=O) groups is 1. The second-order valence-electron chi connectivity index (χ2n) is 5.25. The van der Waals surface area contributed by atoms with E-state index < -0.39 is 5.82 Å². The molecule has 0 radical (unpaired) electrons. The van der Waals surface area contributed by atoms with E-state index in [1.165, 1.54) is 31.7 Å². The number of methoxy groups -OCH3 is 1. The highest BCUT2D eigenvalue weighted by Gasteiger charge is 2.26. The average Bonchev–Trinajstić information content (AvgIpc) is 2.92. The summed E-state index contributed by atoms with van der Waals surface area (Å²) < 4.78 is 18.2. The molecule has 1 aromatic rings. The van der Waals surface area contributed by atoms with E-state index in [4.69, 9.17) is 10.5 Å². The fourth-order valence-electron chi connectivity index (χ4n) is 2.82. The van der Waals surface area contributed by atoms with Gasteiger partial charge in [0, 0.05) is 12.1 Å². The zero-order valence-corrected chi connectivity index (χ0v) is 11.7. The molecule has 3 N–H and O–H groups in total. The lowest BCUT2D eigenvalue weighted by Crippen LogP contribution is -2.32. The van der Waals surface area contributed by atoms with Gasteiger partial charge >= 0.3 is 0 Å². The first-order chi connectivity index (χ1) is 9.65. The number of nitrogens with one attached hydrogen (secondary N) is 1. The molecule has 110 valence electrons. The Morgan fingerprint density at radius 2 is 2.20 bits per heavy atom. The average molecular weight is 280 g/mol. The smallest absolute Gasteiger partial charge is 0.251 e. The number of rotatable bonds is 5. The van der Waals surface area contributed by atoms with Gasteiger partial charge in [-0.3, -0.25) is 4.79 Å². The largest absolute Gasteiger partial charge is 0.494 e. The normalized spacial score (nSPS) is 21.8. The maximum Gasteiger partial charge on any atom is 0.251 e. The minimum atomic E-state index is -0.469. The lowest BCUT2D eigenvalue weighted by atomic mass is 9.96. The number of carbonyl (C=O) groups excluding carboxylic acids is 1. The van der Waals surface area contributed by atoms with Crippen molar-refractivity contribution in [3.63, 3.8) is 0 Å². The first-order valence-corrected chi connectivity index (χ1v) is 6.97. The van der Waals surface area contributed by atoms with Gasteiger partial charge in [-0.2, -0.15) is 0 Å². The minimum Gasteiger partial charge on any atom is -0.494 e. The molecule has 4 nitrogen and oxygen atoms in total. The Morgan fingerprint density at radius 3 is 2.90 bits per heavy atom. The molecule has 1 amide bonds. The first-order valence-electron chi connectivity index (χ1n) is 6.97. The van der Waals surface area contributed by atoms with Crippen LogP contribution in [0.2, 0.25) is 0 Å². The lowest BCUT2D eigenvalue weighted by Gasteiger charge is -2.18. The third-order valence-corrected chi connectivity index (χ3v) is 4.06. The van der Waals surface area contributed by atoms with Crippen molar-refractivity contribution in [2.75, 3.05) is 20.2 Å². The molecule has 1 aliphatic carbocycles. The van der Waals surface area contributed by atoms with E-state index in [9.17, 15) is 9.18 Å². The third-order valence-electron chi connectivity index (χ3n) is 4.06. The van der Waals surface area contributed by atoms with Gasteiger partial charge in [0.1, 0.15) is 0 Å². The van der Waals surface area contributed by atoms with Crippen molar-refractivity contribution in [1.82, 2.24) is 5.32 Å². The van der Waals surface area contributed by atoms with Gasteiger partial charge < -0.3 is 15.8 Å². The summed E-state index contributed by atoms with van der Waals surface area (Å²) >= 11 is 0. The molecule has 1 aliphatic rings. The van der Waals surface area contributed by atoms with Gasteiger partial charge in [-0.05, 0) is 49.4 Å². The van der Waals surface area contributed by atoms with Crippen LogP contribution >= 0.6 is 0 Å². The van der Waals surface area contributed by atoms with Crippen molar-refractivity contribution in [3.05, 3.63) is 29.6 Å². The van der Waals surface area contributed by atoms with Crippen LogP contribution in [-0.2, 0) is 0 Å². The molecule has 1 fully saturated rings. The number of benzene rings is 1. The summed E-state index contributed by atoms with van der Waals surface area (Å²) in [5.41, 5.74) is 6.13. The van der Waals surface area contributed by atoms with E-state index in [1.807, 2.05) is 0 Å². The van der Waals surface area contributed by atoms with Crippen molar-refractivity contribution in [1.29, 1.82) is 0 Å². The maximum atomic E-state index is 13.3. The summed E-state index contributed by atoms with van der Waals surface area (Å²) in [4.78, 5) is 12.1. The third kappa shape index (κ3) is 3.28. The van der Waals surface area contributed by atoms with E-state index in [2.05, 4.69) is 5.32 Å². The summed E-state index contributed by atoms with van der Waals surface area (Å²) in [6, 6.07) is 4.12. The number of hydrogen-bond acceptors (Lipinski definition) is 3. The van der Waals surface area contributed by atoms with Gasteiger partial charge in [0.05, 0.1) is 7.11 Å². The van der Waals surface area contributed by atoms with Crippen molar-refractivity contribution >= 4 is 5.91 Å². The Hall–Kier alpha value is -1.62. The van der Waals surface area contributed by atoms with Gasteiger partial charge in [-0.1, -0.05) is 6.42 Å². The Morgan fingerprint density at radius 1 is 1.45 bits per heavy atom. The molecular formula is C15H21FN2O2. The molecule has 0 spiro atoms. The molecule has 0 heterocycles. The van der Waals surface area contributed by atoms with Crippen LogP contribution in [0.15, 0.2) is 18.2 Å². The highest BCUT2D eigenvalue weighted by atomic mass is 19.1. The van der Waals surface area contributed by atoms with Crippen LogP contribution in [0.25, 0.3) is 0 Å². The Labute approximate surface area is 118 Å². The summed E-state index contributed by atoms with van der Waals surface area (Å²) in [6.07, 6.45) is 3.42. The fraction of sp³-hybridized carbons (Fsp3) is 0.533. The lowest BCUT2D eigenvalue weighted by molar-refractivity contribution is 0.0943. The Bertz CT molecular complexity index is 479. The van der Waals surface area contributed by atoms with Gasteiger partial charge in [0.25, 0.3) is 5.91 Å². The molecule has 5 heteroatoms. The molecule has 2 atom stereocenters. The predicted molar refractivity (Wildman–Crippen MR) is 75.2 cm³/mol. The van der Waals surface area contributed by atoms with Gasteiger partial charge in [0.2, 0.25) is 0 Å². The monoisotopic (exact) mass is 280 g/mol. The van der Waals surface area contributed by atoms with Gasteiger partial charge in [0.15, 0.2) is 11.6 Å². The van der Waals surface area contributed by atoms with E-state index in [1.54, 1.807) is 0 Å². The summed E-state index contributed by atoms with van der Waals surface area (Å²) in [6.45, 7) is 1.30. The van der Waals surface area contributed by atoms with Crippen LogP contribution in [0.1, 0.15) is 29.6 Å². The highest BCUT2D eigenvalue weighted by Crippen LogP contribution is 2.30. The predicted octanol–water partition coefficient (Wildman–Crippen LogP) is 1.94. The number of ether oxygens (including phenoxy) is 1. The fourth-order valence-corrected chi connectivity index (χ4v) is 2.82. The standard InChI is InChI=1S/C15H21FN2O2/c1-20-14-7-10(5-6-13(14)16)15(19)18-9-12-4-2-3-11(12)8-17/h5-7,11-12H,2-4,8-9,17H2,1H3,(H,18,19). The van der Waals surface area contributed by atoms with Crippen molar-refractivity contribution in [3.8, 4) is 5.75 Å². The Kier molecular flexibility index (Phi) is 4.95. The second-order valence-corrected chi connectivity index (χ2v) is 5.25. The molecule has 2 unspecified atom stereocenters. The van der Waals surface area contributed by atoms with Crippen LogP contribution in [0, 0.1) is 17.7 Å². The topological polar surface area (TPSA) is 64.3 Å². The summed E-state index contributed by atoms with van der Waals surface area (Å²) in [5.74, 6) is 0.358. The highest BCUT2D eigenvalue weighted by molar-refractivity contribution is 5.94. The van der Waals surface area contributed by atoms with E-state index in [0.29, 0.717) is 30.5 Å². The number of halogens is 1. The number of hydrogen-bond donors (Lipinski definition) is 2. The van der Waals surface area contributed by atoms with E-state index in [-0.39, 0.29) is 11.7 Å². The zero-order valence-electron chi connectivity index (χ0n) is 11.7. The molecule has 1 aromatic carbocycles. The van der Waals surface area contributed by atoms with Gasteiger partial charge in [-0.25, -0.2) is 4.39 Å². The molecule has 0 aliphatic heterocycles. The second kappa shape index (κ2) is 6.70. The Balaban J connectivity index is 1.95. The molecule has 1 saturated carbocycles. The minimum absolute atomic E-state index is 0.0818.